The van der Waals surface area contributed by atoms with Crippen LogP contribution in [-0.4, -0.2) is 13.4 Å². The second kappa shape index (κ2) is 7.34. The van der Waals surface area contributed by atoms with Gasteiger partial charge in [-0.2, -0.15) is 0 Å². The number of allylic oxidation sites excluding steroid dienone is 7. The normalized spacial score (nSPS) is 23.2. The molecule has 2 aliphatic heterocycles. The fourth-order valence-electron chi connectivity index (χ4n) is 3.85. The van der Waals surface area contributed by atoms with Gasteiger partial charge in [0.1, 0.15) is 8.07 Å². The molecule has 2 aliphatic carbocycles. The molecule has 123 valence electrons. The summed E-state index contributed by atoms with van der Waals surface area (Å²) in [6.45, 7) is 7.24. The van der Waals surface area contributed by atoms with Gasteiger partial charge in [0, 0.05) is 5.31 Å². The predicted octanol–water partition coefficient (Wildman–Crippen LogP) is 6.20. The predicted molar refractivity (Wildman–Crippen MR) is 111 cm³/mol. The number of benzene rings is 1. The number of halogens is 2. The maximum atomic E-state index is 2.47. The zero-order valence-corrected chi connectivity index (χ0v) is 19.9. The fraction of sp³-hybridized carbons (Fsp3) is 0.211. The van der Waals surface area contributed by atoms with Gasteiger partial charge < -0.3 is 0 Å². The van der Waals surface area contributed by atoms with Gasteiger partial charge in [0.25, 0.3) is 0 Å². The van der Waals surface area contributed by atoms with Crippen molar-refractivity contribution in [1.29, 1.82) is 0 Å². The van der Waals surface area contributed by atoms with E-state index in [2.05, 4.69) is 68.6 Å². The van der Waals surface area contributed by atoms with Gasteiger partial charge in [-0.3, -0.25) is 0 Å². The van der Waals surface area contributed by atoms with Crippen LogP contribution in [0.4, 0.5) is 0 Å². The Hall–Kier alpha value is 0.0300. The van der Waals surface area contributed by atoms with Crippen LogP contribution in [0.15, 0.2) is 63.8 Å². The molecule has 0 amide bonds. The van der Waals surface area contributed by atoms with Crippen LogP contribution in [0.5, 0.6) is 0 Å². The van der Waals surface area contributed by atoms with Crippen molar-refractivity contribution in [2.45, 2.75) is 23.6 Å². The van der Waals surface area contributed by atoms with Gasteiger partial charge in [0.2, 0.25) is 0 Å². The zero-order chi connectivity index (χ0) is 15.5. The van der Waals surface area contributed by atoms with Crippen LogP contribution >= 0.6 is 33.0 Å². The average molecular weight is 470 g/mol. The topological polar surface area (TPSA) is 0 Å². The van der Waals surface area contributed by atoms with E-state index >= 15 is 0 Å². The summed E-state index contributed by atoms with van der Waals surface area (Å²) in [4.78, 5) is 0. The molecule has 1 aromatic rings. The van der Waals surface area contributed by atoms with E-state index in [9.17, 15) is 0 Å². The molecule has 24 heavy (non-hydrogen) atoms. The summed E-state index contributed by atoms with van der Waals surface area (Å²) in [6.07, 6.45) is 9.18. The van der Waals surface area contributed by atoms with Crippen molar-refractivity contribution in [3.8, 4) is 0 Å². The van der Waals surface area contributed by atoms with Crippen molar-refractivity contribution in [2.24, 2.45) is 0 Å². The van der Waals surface area contributed by atoms with Crippen molar-refractivity contribution in [3.63, 3.8) is 0 Å². The number of fused-ring (bicyclic) bond motifs is 1. The molecule has 0 fully saturated rings. The first kappa shape index (κ1) is 20.3. The minimum atomic E-state index is -1.09. The summed E-state index contributed by atoms with van der Waals surface area (Å²) < 4.78 is 0.711. The van der Waals surface area contributed by atoms with Crippen molar-refractivity contribution < 1.29 is 24.7 Å². The van der Waals surface area contributed by atoms with Gasteiger partial charge in [0.15, 0.2) is 0 Å². The standard InChI is InChI=1S/C10H11PSi.C9H7.2ClH.Zr/c1-6-10-9-7(11-6)4-5-8(9)12(10,2)3;1-2-5-9-7-3-6-8(9)4-1;;;/h4-5H,1-3H3;1-7H;2*1H;. The maximum absolute atomic E-state index is 2.47. The summed E-state index contributed by atoms with van der Waals surface area (Å²) in [5.41, 5.74) is 4.55. The van der Waals surface area contributed by atoms with E-state index in [1.54, 1.807) is 51.3 Å². The molecule has 1 atom stereocenters. The molecule has 1 aromatic carbocycles. The van der Waals surface area contributed by atoms with Crippen molar-refractivity contribution in [1.82, 2.24) is 0 Å². The summed E-state index contributed by atoms with van der Waals surface area (Å²) in [7, 11) is 0.396. The molecule has 1 unspecified atom stereocenters. The van der Waals surface area contributed by atoms with E-state index in [0.717, 1.165) is 0 Å². The third-order valence-corrected chi connectivity index (χ3v) is 11.2. The second-order valence-corrected chi connectivity index (χ2v) is 13.9. The van der Waals surface area contributed by atoms with Crippen molar-refractivity contribution in [2.75, 3.05) is 0 Å². The summed E-state index contributed by atoms with van der Waals surface area (Å²) >= 11 is 1.59. The molecule has 0 bridgehead atoms. The minimum absolute atomic E-state index is 0. The number of hydrogen-bond acceptors (Lipinski definition) is 0. The molecule has 0 aromatic heterocycles. The molecule has 5 rings (SSSR count). The molecular weight excluding hydrogens is 449 g/mol. The van der Waals surface area contributed by atoms with Gasteiger partial charge in [0.05, 0.1) is 0 Å². The Kier molecular flexibility index (Phi) is 6.22. The van der Waals surface area contributed by atoms with E-state index in [-0.39, 0.29) is 24.8 Å². The van der Waals surface area contributed by atoms with E-state index in [1.165, 1.54) is 19.3 Å². The first-order chi connectivity index (χ1) is 10.5. The SMILES string of the molecule is CC1=PC2=CC=C3C2=C1[Si]3(C)C.Cl.Cl.[Zr][CH]1C=Cc2ccccc21. The van der Waals surface area contributed by atoms with Crippen LogP contribution in [0.2, 0.25) is 13.1 Å². The molecule has 0 radical (unpaired) electrons. The molecule has 0 N–H and O–H groups in total. The van der Waals surface area contributed by atoms with E-state index in [0.29, 0.717) is 3.63 Å². The molecule has 0 nitrogen and oxygen atoms in total. The van der Waals surface area contributed by atoms with E-state index in [4.69, 9.17) is 0 Å². The van der Waals surface area contributed by atoms with Crippen LogP contribution in [0, 0.1) is 0 Å². The Balaban J connectivity index is 0.000000163. The average Bonchev–Trinajstić information content (AvgIpc) is 3.11. The van der Waals surface area contributed by atoms with Crippen LogP contribution in [0.3, 0.4) is 0 Å². The summed E-state index contributed by atoms with van der Waals surface area (Å²) in [5, 5.41) is 6.67. The van der Waals surface area contributed by atoms with Gasteiger partial charge in [-0.25, -0.2) is 0 Å². The van der Waals surface area contributed by atoms with Gasteiger partial charge in [-0.15, -0.1) is 24.8 Å². The third-order valence-electron chi connectivity index (χ3n) is 4.93. The first-order valence-corrected chi connectivity index (χ1v) is 13.0. The van der Waals surface area contributed by atoms with E-state index < -0.39 is 8.07 Å². The van der Waals surface area contributed by atoms with Crippen molar-refractivity contribution >= 4 is 52.5 Å². The molecule has 5 heteroatoms. The van der Waals surface area contributed by atoms with Crippen LogP contribution < -0.4 is 0 Å². The molecular formula is C19H20Cl2PSiZr. The van der Waals surface area contributed by atoms with Crippen LogP contribution in [-0.2, 0) is 24.7 Å². The van der Waals surface area contributed by atoms with Gasteiger partial charge in [-0.1, -0.05) is 27.4 Å². The first-order valence-electron chi connectivity index (χ1n) is 7.72. The molecule has 0 spiro atoms. The van der Waals surface area contributed by atoms with Crippen LogP contribution in [0.1, 0.15) is 21.7 Å². The second-order valence-electron chi connectivity index (χ2n) is 6.67. The van der Waals surface area contributed by atoms with Gasteiger partial charge >= 0.3 is 75.9 Å². The van der Waals surface area contributed by atoms with Crippen LogP contribution in [0.25, 0.3) is 6.08 Å². The fourth-order valence-corrected chi connectivity index (χ4v) is 10.3. The number of rotatable bonds is 0. The molecule has 0 saturated carbocycles. The third kappa shape index (κ3) is 3.00. The Morgan fingerprint density at radius 2 is 1.79 bits per heavy atom. The Morgan fingerprint density at radius 3 is 2.50 bits per heavy atom. The monoisotopic (exact) mass is 467 g/mol. The Morgan fingerprint density at radius 1 is 1.08 bits per heavy atom. The summed E-state index contributed by atoms with van der Waals surface area (Å²) in [6, 6.07) is 8.60. The summed E-state index contributed by atoms with van der Waals surface area (Å²) in [5.74, 6) is 0. The quantitative estimate of drug-likeness (QED) is 0.313. The molecule has 2 heterocycles. The van der Waals surface area contributed by atoms with Crippen molar-refractivity contribution in [3.05, 3.63) is 74.9 Å². The van der Waals surface area contributed by atoms with Gasteiger partial charge in [-0.05, 0) is 34.3 Å². The zero-order valence-electron chi connectivity index (χ0n) is 14.0. The Bertz CT molecular complexity index is 847. The number of hydrogen-bond donors (Lipinski definition) is 0. The van der Waals surface area contributed by atoms with E-state index in [1.807, 2.05) is 0 Å². The Labute approximate surface area is 174 Å². The molecule has 0 saturated heterocycles. The molecule has 4 aliphatic rings.